The Morgan fingerprint density at radius 2 is 2.05 bits per heavy atom. The first-order chi connectivity index (χ1) is 10.0. The molecule has 0 saturated carbocycles. The Balaban J connectivity index is 2.34. The second kappa shape index (κ2) is 6.78. The lowest BCUT2D eigenvalue weighted by atomic mass is 9.98. The number of nitro groups is 1. The van der Waals surface area contributed by atoms with Gasteiger partial charge in [0.05, 0.1) is 4.92 Å². The topological polar surface area (TPSA) is 55.2 Å². The first-order valence-electron chi connectivity index (χ1n) is 6.37. The minimum Gasteiger partial charge on any atom is -0.313 e. The Kier molecular flexibility index (Phi) is 5.03. The van der Waals surface area contributed by atoms with E-state index in [0.717, 1.165) is 5.56 Å². The van der Waals surface area contributed by atoms with Crippen LogP contribution in [0.15, 0.2) is 46.9 Å². The Morgan fingerprint density at radius 1 is 1.33 bits per heavy atom. The van der Waals surface area contributed by atoms with E-state index in [1.807, 2.05) is 0 Å². The van der Waals surface area contributed by atoms with E-state index < -0.39 is 0 Å². The molecule has 0 radical (unpaired) electrons. The number of hydrogen-bond acceptors (Lipinski definition) is 3. The molecule has 2 rings (SSSR count). The number of nitrogens with one attached hydrogen (secondary N) is 1. The van der Waals surface area contributed by atoms with Gasteiger partial charge in [0.2, 0.25) is 0 Å². The molecular formula is C15H14BrFN2O2. The van der Waals surface area contributed by atoms with Gasteiger partial charge in [-0.05, 0) is 31.2 Å². The van der Waals surface area contributed by atoms with Crippen molar-refractivity contribution in [3.63, 3.8) is 0 Å². The van der Waals surface area contributed by atoms with Crippen molar-refractivity contribution in [2.24, 2.45) is 0 Å². The zero-order valence-corrected chi connectivity index (χ0v) is 12.9. The Bertz CT molecular complexity index is 664. The maximum absolute atomic E-state index is 13.2. The fourth-order valence-electron chi connectivity index (χ4n) is 2.23. The smallest absolute Gasteiger partial charge is 0.272 e. The van der Waals surface area contributed by atoms with E-state index in [9.17, 15) is 14.5 Å². The Hall–Kier alpha value is -1.79. The molecule has 1 atom stereocenters. The van der Waals surface area contributed by atoms with Crippen LogP contribution in [0.1, 0.15) is 17.2 Å². The van der Waals surface area contributed by atoms with Crippen LogP contribution in [-0.4, -0.2) is 12.0 Å². The van der Waals surface area contributed by atoms with Crippen LogP contribution in [0.3, 0.4) is 0 Å². The molecule has 0 aliphatic carbocycles. The molecule has 0 heterocycles. The molecule has 0 fully saturated rings. The number of nitrogens with zero attached hydrogens (tertiary/aromatic N) is 1. The number of hydrogen-bond donors (Lipinski definition) is 1. The first kappa shape index (κ1) is 15.6. The summed E-state index contributed by atoms with van der Waals surface area (Å²) in [5.74, 6) is -0.328. The molecule has 0 aliphatic rings. The molecule has 0 saturated heterocycles. The van der Waals surface area contributed by atoms with Crippen molar-refractivity contribution in [3.8, 4) is 0 Å². The molecule has 110 valence electrons. The number of para-hydroxylation sites is 1. The lowest BCUT2D eigenvalue weighted by Crippen LogP contribution is -2.20. The van der Waals surface area contributed by atoms with Crippen LogP contribution in [0.5, 0.6) is 0 Å². The maximum Gasteiger partial charge on any atom is 0.272 e. The molecule has 1 N–H and O–H groups in total. The van der Waals surface area contributed by atoms with Crippen LogP contribution in [0.25, 0.3) is 0 Å². The Morgan fingerprint density at radius 3 is 2.67 bits per heavy atom. The zero-order valence-electron chi connectivity index (χ0n) is 11.3. The largest absolute Gasteiger partial charge is 0.313 e. The molecule has 2 aromatic carbocycles. The summed E-state index contributed by atoms with van der Waals surface area (Å²) in [6.07, 6.45) is 0.442. The summed E-state index contributed by atoms with van der Waals surface area (Å²) in [7, 11) is 1.77. The van der Waals surface area contributed by atoms with Gasteiger partial charge in [0.25, 0.3) is 5.69 Å². The third-order valence-corrected chi connectivity index (χ3v) is 3.99. The van der Waals surface area contributed by atoms with Crippen molar-refractivity contribution in [3.05, 3.63) is 74.0 Å². The van der Waals surface area contributed by atoms with Crippen LogP contribution in [0.4, 0.5) is 10.1 Å². The van der Waals surface area contributed by atoms with Crippen molar-refractivity contribution in [2.75, 3.05) is 7.05 Å². The van der Waals surface area contributed by atoms with Crippen molar-refractivity contribution in [1.29, 1.82) is 0 Å². The van der Waals surface area contributed by atoms with Gasteiger partial charge in [0.1, 0.15) is 5.82 Å². The van der Waals surface area contributed by atoms with Crippen LogP contribution < -0.4 is 5.32 Å². The second-order valence-electron chi connectivity index (χ2n) is 4.60. The lowest BCUT2D eigenvalue weighted by molar-refractivity contribution is -0.385. The minimum atomic E-state index is -0.387. The monoisotopic (exact) mass is 352 g/mol. The van der Waals surface area contributed by atoms with Crippen LogP contribution in [0, 0.1) is 15.9 Å². The van der Waals surface area contributed by atoms with Gasteiger partial charge >= 0.3 is 0 Å². The van der Waals surface area contributed by atoms with Crippen molar-refractivity contribution >= 4 is 21.6 Å². The molecule has 0 aliphatic heterocycles. The van der Waals surface area contributed by atoms with Crippen LogP contribution in [0.2, 0.25) is 0 Å². The molecule has 4 nitrogen and oxygen atoms in total. The van der Waals surface area contributed by atoms with Crippen molar-refractivity contribution < 1.29 is 9.31 Å². The van der Waals surface area contributed by atoms with Crippen LogP contribution >= 0.6 is 15.9 Å². The van der Waals surface area contributed by atoms with Crippen molar-refractivity contribution in [1.82, 2.24) is 5.32 Å². The average molecular weight is 353 g/mol. The third kappa shape index (κ3) is 3.65. The second-order valence-corrected chi connectivity index (χ2v) is 5.45. The summed E-state index contributed by atoms with van der Waals surface area (Å²) >= 11 is 3.34. The highest BCUT2D eigenvalue weighted by molar-refractivity contribution is 9.10. The molecule has 2 aromatic rings. The number of likely N-dealkylation sites (N-methyl/N-ethyl adjacent to an activating group) is 1. The van der Waals surface area contributed by atoms with E-state index in [4.69, 9.17) is 0 Å². The number of halogens is 2. The standard InChI is InChI=1S/C15H14BrFN2O2/c1-18-14(12-7-6-11(17)9-13(12)16)8-10-4-2-3-5-15(10)19(20)21/h2-7,9,14,18H,8H2,1H3. The van der Waals surface area contributed by atoms with E-state index in [1.165, 1.54) is 18.2 Å². The van der Waals surface area contributed by atoms with Crippen LogP contribution in [-0.2, 0) is 6.42 Å². The lowest BCUT2D eigenvalue weighted by Gasteiger charge is -2.18. The fourth-order valence-corrected chi connectivity index (χ4v) is 2.86. The van der Waals surface area contributed by atoms with E-state index in [1.54, 1.807) is 31.3 Å². The molecule has 0 bridgehead atoms. The average Bonchev–Trinajstić information content (AvgIpc) is 2.45. The number of benzene rings is 2. The zero-order chi connectivity index (χ0) is 15.4. The quantitative estimate of drug-likeness (QED) is 0.653. The van der Waals surface area contributed by atoms with Gasteiger partial charge < -0.3 is 5.32 Å². The van der Waals surface area contributed by atoms with Gasteiger partial charge in [-0.15, -0.1) is 0 Å². The highest BCUT2D eigenvalue weighted by atomic mass is 79.9. The summed E-state index contributed by atoms with van der Waals surface area (Å²) in [5.41, 5.74) is 1.59. The van der Waals surface area contributed by atoms with E-state index in [-0.39, 0.29) is 22.5 Å². The summed E-state index contributed by atoms with van der Waals surface area (Å²) in [6, 6.07) is 10.9. The van der Waals surface area contributed by atoms with E-state index >= 15 is 0 Å². The molecule has 6 heteroatoms. The predicted octanol–water partition coefficient (Wildman–Crippen LogP) is 4.00. The minimum absolute atomic E-state index is 0.0935. The normalized spacial score (nSPS) is 12.1. The van der Waals surface area contributed by atoms with Gasteiger partial charge in [-0.25, -0.2) is 4.39 Å². The molecule has 0 spiro atoms. The molecular weight excluding hydrogens is 339 g/mol. The predicted molar refractivity (Wildman–Crippen MR) is 82.7 cm³/mol. The summed E-state index contributed by atoms with van der Waals surface area (Å²) < 4.78 is 13.8. The first-order valence-corrected chi connectivity index (χ1v) is 7.16. The molecule has 0 amide bonds. The van der Waals surface area contributed by atoms with E-state index in [2.05, 4.69) is 21.2 Å². The van der Waals surface area contributed by atoms with Gasteiger partial charge in [-0.3, -0.25) is 10.1 Å². The summed E-state index contributed by atoms with van der Waals surface area (Å²) in [4.78, 5) is 10.7. The molecule has 1 unspecified atom stereocenters. The highest BCUT2D eigenvalue weighted by Gasteiger charge is 2.19. The van der Waals surface area contributed by atoms with Crippen molar-refractivity contribution in [2.45, 2.75) is 12.5 Å². The summed E-state index contributed by atoms with van der Waals surface area (Å²) in [6.45, 7) is 0. The highest BCUT2D eigenvalue weighted by Crippen LogP contribution is 2.29. The van der Waals surface area contributed by atoms with E-state index in [0.29, 0.717) is 16.5 Å². The Labute approximate surface area is 130 Å². The fraction of sp³-hybridized carbons (Fsp3) is 0.200. The maximum atomic E-state index is 13.2. The SMILES string of the molecule is CNC(Cc1ccccc1[N+](=O)[O-])c1ccc(F)cc1Br. The van der Waals surface area contributed by atoms with Gasteiger partial charge in [0, 0.05) is 22.1 Å². The molecule has 0 aromatic heterocycles. The number of rotatable bonds is 5. The van der Waals surface area contributed by atoms with Gasteiger partial charge in [-0.1, -0.05) is 40.2 Å². The van der Waals surface area contributed by atoms with Gasteiger partial charge in [-0.2, -0.15) is 0 Å². The van der Waals surface area contributed by atoms with Gasteiger partial charge in [0.15, 0.2) is 0 Å². The number of nitro benzene ring substituents is 1. The third-order valence-electron chi connectivity index (χ3n) is 3.30. The summed E-state index contributed by atoms with van der Waals surface area (Å²) in [5, 5.41) is 14.2. The molecule has 21 heavy (non-hydrogen) atoms.